The van der Waals surface area contributed by atoms with Gasteiger partial charge in [0, 0.05) is 6.54 Å². The largest absolute Gasteiger partial charge is 0.480 e. The number of rotatable bonds is 6. The van der Waals surface area contributed by atoms with Crippen LogP contribution in [0.25, 0.3) is 0 Å². The van der Waals surface area contributed by atoms with Crippen molar-refractivity contribution in [1.82, 2.24) is 10.6 Å². The van der Waals surface area contributed by atoms with Gasteiger partial charge in [0.15, 0.2) is 0 Å². The van der Waals surface area contributed by atoms with Gasteiger partial charge in [0.05, 0.1) is 6.54 Å². The third-order valence-electron chi connectivity index (χ3n) is 1.56. The lowest BCUT2D eigenvalue weighted by Crippen LogP contribution is -2.52. The molecule has 0 aromatic heterocycles. The Hall–Kier alpha value is -1.36. The zero-order valence-electron chi connectivity index (χ0n) is 8.46. The molecule has 0 saturated carbocycles. The number of carbonyl (C=O) groups is 2. The summed E-state index contributed by atoms with van der Waals surface area (Å²) in [7, 11) is 0. The van der Waals surface area contributed by atoms with Crippen LogP contribution in [0.5, 0.6) is 0 Å². The van der Waals surface area contributed by atoms with E-state index in [1.54, 1.807) is 6.08 Å². The first kappa shape index (κ1) is 12.6. The summed E-state index contributed by atoms with van der Waals surface area (Å²) in [5.74, 6) is -1.41. The number of amides is 1. The van der Waals surface area contributed by atoms with Crippen molar-refractivity contribution in [3.8, 4) is 0 Å². The molecule has 0 heterocycles. The van der Waals surface area contributed by atoms with Gasteiger partial charge in [0.1, 0.15) is 5.54 Å². The molecular formula is C9H16N2O3. The summed E-state index contributed by atoms with van der Waals surface area (Å²) < 4.78 is 0. The van der Waals surface area contributed by atoms with Gasteiger partial charge < -0.3 is 15.7 Å². The van der Waals surface area contributed by atoms with Crippen molar-refractivity contribution >= 4 is 11.9 Å². The highest BCUT2D eigenvalue weighted by atomic mass is 16.4. The number of hydrogen-bond acceptors (Lipinski definition) is 3. The molecule has 14 heavy (non-hydrogen) atoms. The Morgan fingerprint density at radius 3 is 2.50 bits per heavy atom. The Kier molecular flexibility index (Phi) is 4.86. The van der Waals surface area contributed by atoms with Gasteiger partial charge in [-0.2, -0.15) is 0 Å². The fraction of sp³-hybridized carbons (Fsp3) is 0.556. The third kappa shape index (κ3) is 4.61. The number of nitrogens with one attached hydrogen (secondary N) is 2. The molecule has 0 rings (SSSR count). The quantitative estimate of drug-likeness (QED) is 0.408. The molecule has 0 bridgehead atoms. The molecule has 5 nitrogen and oxygen atoms in total. The minimum Gasteiger partial charge on any atom is -0.480 e. The van der Waals surface area contributed by atoms with E-state index in [0.717, 1.165) is 0 Å². The predicted molar refractivity (Wildman–Crippen MR) is 52.9 cm³/mol. The lowest BCUT2D eigenvalue weighted by Gasteiger charge is -2.20. The summed E-state index contributed by atoms with van der Waals surface area (Å²) in [6, 6.07) is 0. The van der Waals surface area contributed by atoms with Gasteiger partial charge in [-0.1, -0.05) is 6.08 Å². The summed E-state index contributed by atoms with van der Waals surface area (Å²) in [6.45, 7) is 6.94. The van der Waals surface area contributed by atoms with Crippen LogP contribution in [0.1, 0.15) is 13.8 Å². The maximum Gasteiger partial charge on any atom is 0.328 e. The SMILES string of the molecule is C=CCNCC(=O)NC(C)(C)C(=O)O. The van der Waals surface area contributed by atoms with Crippen molar-refractivity contribution in [2.45, 2.75) is 19.4 Å². The van der Waals surface area contributed by atoms with Gasteiger partial charge in [-0.25, -0.2) is 4.79 Å². The average Bonchev–Trinajstić information content (AvgIpc) is 2.03. The second-order valence-corrected chi connectivity index (χ2v) is 3.40. The smallest absolute Gasteiger partial charge is 0.328 e. The summed E-state index contributed by atoms with van der Waals surface area (Å²) >= 11 is 0. The molecule has 0 aliphatic heterocycles. The van der Waals surface area contributed by atoms with Crippen LogP contribution in [-0.4, -0.2) is 35.6 Å². The zero-order valence-corrected chi connectivity index (χ0v) is 8.46. The molecule has 0 aromatic carbocycles. The summed E-state index contributed by atoms with van der Waals surface area (Å²) in [4.78, 5) is 21.8. The van der Waals surface area contributed by atoms with Crippen LogP contribution < -0.4 is 10.6 Å². The highest BCUT2D eigenvalue weighted by Crippen LogP contribution is 2.00. The van der Waals surface area contributed by atoms with E-state index in [2.05, 4.69) is 17.2 Å². The monoisotopic (exact) mass is 200 g/mol. The van der Waals surface area contributed by atoms with Crippen LogP contribution in [-0.2, 0) is 9.59 Å². The topological polar surface area (TPSA) is 78.4 Å². The fourth-order valence-corrected chi connectivity index (χ4v) is 0.734. The molecule has 0 atom stereocenters. The standard InChI is InChI=1S/C9H16N2O3/c1-4-5-10-6-7(12)11-9(2,3)8(13)14/h4,10H,1,5-6H2,2-3H3,(H,11,12)(H,13,14). The Morgan fingerprint density at radius 1 is 1.50 bits per heavy atom. The molecule has 0 radical (unpaired) electrons. The highest BCUT2D eigenvalue weighted by Gasteiger charge is 2.28. The van der Waals surface area contributed by atoms with E-state index >= 15 is 0 Å². The second-order valence-electron chi connectivity index (χ2n) is 3.40. The van der Waals surface area contributed by atoms with E-state index in [-0.39, 0.29) is 12.5 Å². The number of hydrogen-bond donors (Lipinski definition) is 3. The molecule has 3 N–H and O–H groups in total. The summed E-state index contributed by atoms with van der Waals surface area (Å²) in [5.41, 5.74) is -1.23. The van der Waals surface area contributed by atoms with Gasteiger partial charge in [0.2, 0.25) is 5.91 Å². The Morgan fingerprint density at radius 2 is 2.07 bits per heavy atom. The van der Waals surface area contributed by atoms with E-state index in [1.807, 2.05) is 0 Å². The van der Waals surface area contributed by atoms with Crippen LogP contribution in [0.2, 0.25) is 0 Å². The number of aliphatic carboxylic acids is 1. The van der Waals surface area contributed by atoms with Gasteiger partial charge >= 0.3 is 5.97 Å². The molecule has 0 saturated heterocycles. The van der Waals surface area contributed by atoms with Crippen LogP contribution in [0.4, 0.5) is 0 Å². The second kappa shape index (κ2) is 5.39. The van der Waals surface area contributed by atoms with Gasteiger partial charge in [-0.3, -0.25) is 4.79 Å². The Bertz CT molecular complexity index is 236. The third-order valence-corrected chi connectivity index (χ3v) is 1.56. The van der Waals surface area contributed by atoms with Crippen molar-refractivity contribution in [3.63, 3.8) is 0 Å². The first-order valence-electron chi connectivity index (χ1n) is 4.26. The van der Waals surface area contributed by atoms with E-state index < -0.39 is 11.5 Å². The first-order valence-corrected chi connectivity index (χ1v) is 4.26. The molecule has 0 unspecified atom stereocenters. The van der Waals surface area contributed by atoms with Crippen molar-refractivity contribution in [3.05, 3.63) is 12.7 Å². The van der Waals surface area contributed by atoms with Gasteiger partial charge in [-0.15, -0.1) is 6.58 Å². The van der Waals surface area contributed by atoms with Crippen molar-refractivity contribution < 1.29 is 14.7 Å². The lowest BCUT2D eigenvalue weighted by atomic mass is 10.1. The zero-order chi connectivity index (χ0) is 11.2. The van der Waals surface area contributed by atoms with Gasteiger partial charge in [0.25, 0.3) is 0 Å². The summed E-state index contributed by atoms with van der Waals surface area (Å²) in [6.07, 6.45) is 1.62. The number of carboxylic acid groups (broad SMARTS) is 1. The highest BCUT2D eigenvalue weighted by molar-refractivity contribution is 5.87. The molecule has 0 fully saturated rings. The maximum atomic E-state index is 11.2. The normalized spacial score (nSPS) is 10.7. The van der Waals surface area contributed by atoms with Gasteiger partial charge in [-0.05, 0) is 13.8 Å². The molecule has 0 aliphatic rings. The molecule has 0 aromatic rings. The Balaban J connectivity index is 3.93. The maximum absolute atomic E-state index is 11.2. The van der Waals surface area contributed by atoms with Crippen LogP contribution >= 0.6 is 0 Å². The number of carbonyl (C=O) groups excluding carboxylic acids is 1. The molecule has 0 aliphatic carbocycles. The molecule has 1 amide bonds. The van der Waals surface area contributed by atoms with E-state index in [9.17, 15) is 9.59 Å². The minimum atomic E-state index is -1.23. The minimum absolute atomic E-state index is 0.0860. The summed E-state index contributed by atoms with van der Waals surface area (Å²) in [5, 5.41) is 13.9. The Labute approximate surface area is 83.2 Å². The van der Waals surface area contributed by atoms with E-state index in [0.29, 0.717) is 6.54 Å². The van der Waals surface area contributed by atoms with Crippen molar-refractivity contribution in [2.75, 3.05) is 13.1 Å². The molecule has 0 spiro atoms. The van der Waals surface area contributed by atoms with Crippen molar-refractivity contribution in [1.29, 1.82) is 0 Å². The fourth-order valence-electron chi connectivity index (χ4n) is 0.734. The van der Waals surface area contributed by atoms with Crippen LogP contribution in [0.3, 0.4) is 0 Å². The average molecular weight is 200 g/mol. The first-order chi connectivity index (χ1) is 6.40. The molecule has 5 heteroatoms. The van der Waals surface area contributed by atoms with Crippen LogP contribution in [0, 0.1) is 0 Å². The van der Waals surface area contributed by atoms with E-state index in [4.69, 9.17) is 5.11 Å². The molecule has 80 valence electrons. The van der Waals surface area contributed by atoms with Crippen LogP contribution in [0.15, 0.2) is 12.7 Å². The lowest BCUT2D eigenvalue weighted by molar-refractivity contribution is -0.145. The van der Waals surface area contributed by atoms with Crippen molar-refractivity contribution in [2.24, 2.45) is 0 Å². The number of carboxylic acids is 1. The van der Waals surface area contributed by atoms with E-state index in [1.165, 1.54) is 13.8 Å². The molecular weight excluding hydrogens is 184 g/mol. The predicted octanol–water partition coefficient (Wildman–Crippen LogP) is -0.259.